The number of ether oxygens (including phenoxy) is 2. The summed E-state index contributed by atoms with van der Waals surface area (Å²) in [6, 6.07) is 6.89. The molecule has 0 bridgehead atoms. The molecule has 2 nitrogen and oxygen atoms in total. The minimum absolute atomic E-state index is 0. The Morgan fingerprint density at radius 3 is 2.75 bits per heavy atom. The summed E-state index contributed by atoms with van der Waals surface area (Å²) in [6.45, 7) is 0. The summed E-state index contributed by atoms with van der Waals surface area (Å²) in [5.74, 6) is -0.0185. The Bertz CT molecular complexity index is 263. The molecule has 12 heavy (non-hydrogen) atoms. The SMILES string of the molecule is FC1(F)Oc2[c-]cccc2O1.[K+]. The minimum atomic E-state index is -3.53. The number of halogens is 2. The van der Waals surface area contributed by atoms with Gasteiger partial charge in [0.15, 0.2) is 0 Å². The van der Waals surface area contributed by atoms with E-state index < -0.39 is 6.29 Å². The molecule has 1 aromatic rings. The first-order valence-electron chi connectivity index (χ1n) is 2.94. The van der Waals surface area contributed by atoms with Crippen LogP contribution in [0.25, 0.3) is 0 Å². The van der Waals surface area contributed by atoms with Crippen LogP contribution in [0.3, 0.4) is 0 Å². The van der Waals surface area contributed by atoms with Gasteiger partial charge in [0.2, 0.25) is 0 Å². The number of alkyl halides is 2. The zero-order valence-electron chi connectivity index (χ0n) is 6.30. The molecule has 0 saturated heterocycles. The van der Waals surface area contributed by atoms with Crippen molar-refractivity contribution < 1.29 is 69.6 Å². The molecule has 0 saturated carbocycles. The molecule has 0 aliphatic carbocycles. The molecule has 58 valence electrons. The number of para-hydroxylation sites is 1. The Kier molecular flexibility index (Phi) is 3.11. The molecule has 1 aliphatic rings. The van der Waals surface area contributed by atoms with Crippen LogP contribution in [0.5, 0.6) is 11.5 Å². The van der Waals surface area contributed by atoms with Crippen LogP contribution in [0, 0.1) is 6.07 Å². The molecule has 0 N–H and O–H groups in total. The molecule has 5 heteroatoms. The van der Waals surface area contributed by atoms with E-state index in [-0.39, 0.29) is 62.9 Å². The number of benzene rings is 1. The Morgan fingerprint density at radius 2 is 2.08 bits per heavy atom. The van der Waals surface area contributed by atoms with Crippen molar-refractivity contribution in [2.24, 2.45) is 0 Å². The summed E-state index contributed by atoms with van der Waals surface area (Å²) in [5, 5.41) is 0. The zero-order chi connectivity index (χ0) is 7.90. The predicted octanol–water partition coefficient (Wildman–Crippen LogP) is -1.19. The van der Waals surface area contributed by atoms with Gasteiger partial charge in [0.05, 0.1) is 11.5 Å². The summed E-state index contributed by atoms with van der Waals surface area (Å²) in [5.41, 5.74) is 0. The summed E-state index contributed by atoms with van der Waals surface area (Å²) in [4.78, 5) is 0. The fraction of sp³-hybridized carbons (Fsp3) is 0.143. The zero-order valence-corrected chi connectivity index (χ0v) is 9.43. The van der Waals surface area contributed by atoms with Crippen molar-refractivity contribution in [1.29, 1.82) is 0 Å². The van der Waals surface area contributed by atoms with Crippen LogP contribution in [-0.2, 0) is 0 Å². The largest absolute Gasteiger partial charge is 1.00 e. The van der Waals surface area contributed by atoms with Crippen LogP contribution in [0.2, 0.25) is 0 Å². The summed E-state index contributed by atoms with van der Waals surface area (Å²) < 4.78 is 32.7. The smallest absolute Gasteiger partial charge is 0.460 e. The van der Waals surface area contributed by atoms with Crippen LogP contribution >= 0.6 is 0 Å². The van der Waals surface area contributed by atoms with Crippen LogP contribution in [0.1, 0.15) is 0 Å². The molecule has 0 amide bonds. The van der Waals surface area contributed by atoms with Crippen molar-refractivity contribution in [1.82, 2.24) is 0 Å². The predicted molar refractivity (Wildman–Crippen MR) is 31.5 cm³/mol. The third-order valence-electron chi connectivity index (χ3n) is 1.23. The molecule has 0 radical (unpaired) electrons. The van der Waals surface area contributed by atoms with Gasteiger partial charge in [-0.05, 0) is 0 Å². The third-order valence-corrected chi connectivity index (χ3v) is 1.23. The fourth-order valence-electron chi connectivity index (χ4n) is 0.834. The Balaban J connectivity index is 0.000000720. The second-order valence-corrected chi connectivity index (χ2v) is 2.03. The molecule has 1 heterocycles. The third kappa shape index (κ3) is 1.97. The van der Waals surface area contributed by atoms with E-state index in [4.69, 9.17) is 0 Å². The topological polar surface area (TPSA) is 18.5 Å². The van der Waals surface area contributed by atoms with E-state index in [0.717, 1.165) is 0 Å². The quantitative estimate of drug-likeness (QED) is 0.384. The second-order valence-electron chi connectivity index (χ2n) is 2.03. The van der Waals surface area contributed by atoms with Gasteiger partial charge in [-0.2, -0.15) is 12.1 Å². The van der Waals surface area contributed by atoms with Gasteiger partial charge in [0.1, 0.15) is 0 Å². The van der Waals surface area contributed by atoms with Crippen molar-refractivity contribution in [3.05, 3.63) is 24.3 Å². The minimum Gasteiger partial charge on any atom is -0.460 e. The number of fused-ring (bicyclic) bond motifs is 1. The molecule has 2 rings (SSSR count). The molecule has 0 unspecified atom stereocenters. The molecular weight excluding hydrogens is 193 g/mol. The van der Waals surface area contributed by atoms with E-state index in [9.17, 15) is 8.78 Å². The van der Waals surface area contributed by atoms with Crippen molar-refractivity contribution in [3.63, 3.8) is 0 Å². The molecule has 1 aliphatic heterocycles. The van der Waals surface area contributed by atoms with E-state index in [1.54, 1.807) is 6.07 Å². The Hall–Kier alpha value is 0.316. The van der Waals surface area contributed by atoms with Gasteiger partial charge in [-0.3, -0.25) is 0 Å². The van der Waals surface area contributed by atoms with E-state index in [2.05, 4.69) is 15.5 Å². The number of rotatable bonds is 0. The summed E-state index contributed by atoms with van der Waals surface area (Å²) in [6.07, 6.45) is -3.53. The molecule has 0 aromatic heterocycles. The first-order valence-corrected chi connectivity index (χ1v) is 2.94. The standard InChI is InChI=1S/C7H3F2O2.K/c8-7(9)10-5-3-1-2-4-6(5)11-7;/h1-3H;/q-1;+1. The summed E-state index contributed by atoms with van der Waals surface area (Å²) >= 11 is 0. The van der Waals surface area contributed by atoms with Crippen molar-refractivity contribution >= 4 is 0 Å². The van der Waals surface area contributed by atoms with Gasteiger partial charge in [-0.1, -0.05) is 0 Å². The maximum Gasteiger partial charge on any atom is 1.00 e. The van der Waals surface area contributed by atoms with Gasteiger partial charge >= 0.3 is 57.7 Å². The van der Waals surface area contributed by atoms with Crippen molar-refractivity contribution in [3.8, 4) is 11.5 Å². The number of hydrogen-bond acceptors (Lipinski definition) is 2. The van der Waals surface area contributed by atoms with Gasteiger partial charge in [-0.15, -0.1) is 20.9 Å². The van der Waals surface area contributed by atoms with Gasteiger partial charge in [0.25, 0.3) is 0 Å². The van der Waals surface area contributed by atoms with E-state index in [0.29, 0.717) is 0 Å². The average Bonchev–Trinajstić information content (AvgIpc) is 2.21. The van der Waals surface area contributed by atoms with Crippen molar-refractivity contribution in [2.45, 2.75) is 6.29 Å². The molecular formula is C7H3F2KO2. The van der Waals surface area contributed by atoms with Crippen LogP contribution in [0.15, 0.2) is 18.2 Å². The second kappa shape index (κ2) is 3.59. The van der Waals surface area contributed by atoms with Gasteiger partial charge < -0.3 is 9.47 Å². The average molecular weight is 196 g/mol. The van der Waals surface area contributed by atoms with Crippen molar-refractivity contribution in [2.75, 3.05) is 0 Å². The summed E-state index contributed by atoms with van der Waals surface area (Å²) in [7, 11) is 0. The monoisotopic (exact) mass is 196 g/mol. The Labute approximate surface area is 110 Å². The van der Waals surface area contributed by atoms with E-state index >= 15 is 0 Å². The van der Waals surface area contributed by atoms with Crippen LogP contribution in [-0.4, -0.2) is 6.29 Å². The first-order chi connectivity index (χ1) is 5.17. The van der Waals surface area contributed by atoms with Crippen LogP contribution in [0.4, 0.5) is 8.78 Å². The van der Waals surface area contributed by atoms with Gasteiger partial charge in [-0.25, -0.2) is 0 Å². The van der Waals surface area contributed by atoms with E-state index in [1.165, 1.54) is 12.1 Å². The van der Waals surface area contributed by atoms with Crippen LogP contribution < -0.4 is 60.9 Å². The molecule has 0 atom stereocenters. The maximum absolute atomic E-state index is 12.3. The first kappa shape index (κ1) is 10.4. The number of hydrogen-bond donors (Lipinski definition) is 0. The van der Waals surface area contributed by atoms with Gasteiger partial charge in [0, 0.05) is 0 Å². The molecule has 0 fully saturated rings. The molecule has 0 spiro atoms. The Morgan fingerprint density at radius 1 is 1.33 bits per heavy atom. The normalized spacial score (nSPS) is 16.8. The fourth-order valence-corrected chi connectivity index (χ4v) is 0.834. The maximum atomic E-state index is 12.3. The van der Waals surface area contributed by atoms with E-state index in [1.807, 2.05) is 0 Å². The molecule has 1 aromatic carbocycles.